The molecule has 4 rings (SSSR count). The van der Waals surface area contributed by atoms with Crippen molar-refractivity contribution in [2.24, 2.45) is 11.8 Å². The lowest BCUT2D eigenvalue weighted by atomic mass is 10.0. The summed E-state index contributed by atoms with van der Waals surface area (Å²) >= 11 is 1.43. The SMILES string of the molecule is O=C(NCc1ccc(C(=O)N2C[C@H]3CNC[C@H]3C2)cc1)c1cccs1. The van der Waals surface area contributed by atoms with Crippen molar-refractivity contribution in [1.29, 1.82) is 0 Å². The molecule has 6 heteroatoms. The van der Waals surface area contributed by atoms with Crippen molar-refractivity contribution in [2.75, 3.05) is 26.2 Å². The van der Waals surface area contributed by atoms with Crippen LogP contribution in [-0.2, 0) is 6.54 Å². The third-order valence-corrected chi connectivity index (χ3v) is 5.94. The number of carbonyl (C=O) groups excluding carboxylic acids is 2. The van der Waals surface area contributed by atoms with Crippen LogP contribution >= 0.6 is 11.3 Å². The molecule has 5 nitrogen and oxygen atoms in total. The summed E-state index contributed by atoms with van der Waals surface area (Å²) in [6.07, 6.45) is 0. The average molecular weight is 355 g/mol. The first-order chi connectivity index (χ1) is 12.2. The topological polar surface area (TPSA) is 61.4 Å². The number of rotatable bonds is 4. The summed E-state index contributed by atoms with van der Waals surface area (Å²) in [5.74, 6) is 1.27. The Morgan fingerprint density at radius 1 is 1.12 bits per heavy atom. The van der Waals surface area contributed by atoms with Gasteiger partial charge in [0.05, 0.1) is 4.88 Å². The van der Waals surface area contributed by atoms with Crippen LogP contribution in [0.1, 0.15) is 25.6 Å². The number of hydrogen-bond donors (Lipinski definition) is 2. The highest BCUT2D eigenvalue weighted by Crippen LogP contribution is 2.27. The minimum Gasteiger partial charge on any atom is -0.347 e. The molecule has 0 radical (unpaired) electrons. The molecule has 2 aliphatic rings. The van der Waals surface area contributed by atoms with Gasteiger partial charge in [0.2, 0.25) is 0 Å². The van der Waals surface area contributed by atoms with E-state index in [-0.39, 0.29) is 11.8 Å². The van der Waals surface area contributed by atoms with Crippen LogP contribution in [0.3, 0.4) is 0 Å². The Morgan fingerprint density at radius 3 is 2.48 bits per heavy atom. The minimum atomic E-state index is -0.0626. The molecule has 2 atom stereocenters. The Hall–Kier alpha value is -2.18. The van der Waals surface area contributed by atoms with Gasteiger partial charge in [0, 0.05) is 38.3 Å². The van der Waals surface area contributed by atoms with Gasteiger partial charge in [-0.25, -0.2) is 0 Å². The van der Waals surface area contributed by atoms with Crippen molar-refractivity contribution >= 4 is 23.2 Å². The number of nitrogens with one attached hydrogen (secondary N) is 2. The zero-order chi connectivity index (χ0) is 17.2. The van der Waals surface area contributed by atoms with Gasteiger partial charge in [-0.05, 0) is 41.0 Å². The number of likely N-dealkylation sites (tertiary alicyclic amines) is 1. The summed E-state index contributed by atoms with van der Waals surface area (Å²) in [4.78, 5) is 27.3. The molecule has 130 valence electrons. The average Bonchev–Trinajstić information content (AvgIpc) is 3.36. The van der Waals surface area contributed by atoms with Crippen molar-refractivity contribution < 1.29 is 9.59 Å². The first kappa shape index (κ1) is 16.3. The molecular formula is C19H21N3O2S. The van der Waals surface area contributed by atoms with Crippen molar-refractivity contribution in [2.45, 2.75) is 6.54 Å². The summed E-state index contributed by atoms with van der Waals surface area (Å²) in [7, 11) is 0. The Kier molecular flexibility index (Phi) is 4.55. The van der Waals surface area contributed by atoms with Gasteiger partial charge in [0.15, 0.2) is 0 Å². The summed E-state index contributed by atoms with van der Waals surface area (Å²) in [5, 5.41) is 8.18. The third-order valence-electron chi connectivity index (χ3n) is 5.08. The van der Waals surface area contributed by atoms with Crippen molar-refractivity contribution in [3.05, 3.63) is 57.8 Å². The van der Waals surface area contributed by atoms with Crippen LogP contribution in [0, 0.1) is 11.8 Å². The van der Waals surface area contributed by atoms with E-state index in [1.807, 2.05) is 46.7 Å². The monoisotopic (exact) mass is 355 g/mol. The number of nitrogens with zero attached hydrogens (tertiary/aromatic N) is 1. The van der Waals surface area contributed by atoms with Crippen LogP contribution in [0.25, 0.3) is 0 Å². The molecule has 2 saturated heterocycles. The van der Waals surface area contributed by atoms with E-state index in [4.69, 9.17) is 0 Å². The van der Waals surface area contributed by atoms with E-state index >= 15 is 0 Å². The van der Waals surface area contributed by atoms with Gasteiger partial charge in [0.1, 0.15) is 0 Å². The molecule has 2 aromatic rings. The summed E-state index contributed by atoms with van der Waals surface area (Å²) in [6, 6.07) is 11.2. The molecule has 0 bridgehead atoms. The van der Waals surface area contributed by atoms with Crippen LogP contribution in [0.4, 0.5) is 0 Å². The second-order valence-electron chi connectivity index (χ2n) is 6.75. The van der Waals surface area contributed by atoms with Crippen LogP contribution in [0.2, 0.25) is 0 Å². The molecule has 25 heavy (non-hydrogen) atoms. The largest absolute Gasteiger partial charge is 0.347 e. The zero-order valence-electron chi connectivity index (χ0n) is 13.9. The van der Waals surface area contributed by atoms with E-state index in [1.165, 1.54) is 11.3 Å². The van der Waals surface area contributed by atoms with Crippen LogP contribution < -0.4 is 10.6 Å². The minimum absolute atomic E-state index is 0.0626. The Morgan fingerprint density at radius 2 is 1.84 bits per heavy atom. The van der Waals surface area contributed by atoms with Crippen LogP contribution in [-0.4, -0.2) is 42.9 Å². The molecular weight excluding hydrogens is 334 g/mol. The molecule has 2 fully saturated rings. The Labute approximate surface area is 151 Å². The molecule has 1 aromatic carbocycles. The Balaban J connectivity index is 1.34. The standard InChI is InChI=1S/C19H21N3O2S/c23-18(17-2-1-7-25-17)21-8-13-3-5-14(6-4-13)19(24)22-11-15-9-20-10-16(15)12-22/h1-7,15-16,20H,8-12H2,(H,21,23)/t15-,16+. The molecule has 2 aliphatic heterocycles. The fraction of sp³-hybridized carbons (Fsp3) is 0.368. The lowest BCUT2D eigenvalue weighted by molar-refractivity contribution is 0.0781. The highest BCUT2D eigenvalue weighted by atomic mass is 32.1. The zero-order valence-corrected chi connectivity index (χ0v) is 14.7. The number of fused-ring (bicyclic) bond motifs is 1. The van der Waals surface area contributed by atoms with Gasteiger partial charge < -0.3 is 15.5 Å². The maximum absolute atomic E-state index is 12.6. The van der Waals surface area contributed by atoms with E-state index in [0.717, 1.165) is 37.3 Å². The maximum atomic E-state index is 12.6. The smallest absolute Gasteiger partial charge is 0.261 e. The second kappa shape index (κ2) is 6.98. The molecule has 2 N–H and O–H groups in total. The van der Waals surface area contributed by atoms with E-state index in [1.54, 1.807) is 0 Å². The second-order valence-corrected chi connectivity index (χ2v) is 7.69. The number of hydrogen-bond acceptors (Lipinski definition) is 4. The molecule has 0 unspecified atom stereocenters. The molecule has 3 heterocycles. The molecule has 0 aliphatic carbocycles. The maximum Gasteiger partial charge on any atom is 0.261 e. The lowest BCUT2D eigenvalue weighted by Crippen LogP contribution is -2.31. The highest BCUT2D eigenvalue weighted by Gasteiger charge is 2.38. The van der Waals surface area contributed by atoms with Crippen molar-refractivity contribution in [1.82, 2.24) is 15.5 Å². The predicted molar refractivity (Wildman–Crippen MR) is 97.7 cm³/mol. The van der Waals surface area contributed by atoms with Gasteiger partial charge in [0.25, 0.3) is 11.8 Å². The number of carbonyl (C=O) groups is 2. The summed E-state index contributed by atoms with van der Waals surface area (Å²) in [5.41, 5.74) is 1.71. The van der Waals surface area contributed by atoms with Gasteiger partial charge in [-0.2, -0.15) is 0 Å². The van der Waals surface area contributed by atoms with Crippen LogP contribution in [0.5, 0.6) is 0 Å². The highest BCUT2D eigenvalue weighted by molar-refractivity contribution is 7.12. The van der Waals surface area contributed by atoms with Gasteiger partial charge in [-0.15, -0.1) is 11.3 Å². The predicted octanol–water partition coefficient (Wildman–Crippen LogP) is 1.97. The van der Waals surface area contributed by atoms with E-state index in [2.05, 4.69) is 10.6 Å². The van der Waals surface area contributed by atoms with Crippen molar-refractivity contribution in [3.63, 3.8) is 0 Å². The quantitative estimate of drug-likeness (QED) is 0.881. The molecule has 0 spiro atoms. The third kappa shape index (κ3) is 3.45. The summed E-state index contributed by atoms with van der Waals surface area (Å²) in [6.45, 7) is 4.23. The van der Waals surface area contributed by atoms with E-state index in [9.17, 15) is 9.59 Å². The van der Waals surface area contributed by atoms with Crippen LogP contribution in [0.15, 0.2) is 41.8 Å². The van der Waals surface area contributed by atoms with E-state index in [0.29, 0.717) is 23.3 Å². The van der Waals surface area contributed by atoms with E-state index < -0.39 is 0 Å². The summed E-state index contributed by atoms with van der Waals surface area (Å²) < 4.78 is 0. The van der Waals surface area contributed by atoms with Gasteiger partial charge >= 0.3 is 0 Å². The molecule has 2 amide bonds. The van der Waals surface area contributed by atoms with Gasteiger partial charge in [-0.3, -0.25) is 9.59 Å². The number of benzene rings is 1. The lowest BCUT2D eigenvalue weighted by Gasteiger charge is -2.17. The fourth-order valence-corrected chi connectivity index (χ4v) is 4.29. The molecule has 1 aromatic heterocycles. The molecule has 0 saturated carbocycles. The first-order valence-corrected chi connectivity index (χ1v) is 9.49. The normalized spacial score (nSPS) is 22.0. The number of amides is 2. The van der Waals surface area contributed by atoms with Gasteiger partial charge in [-0.1, -0.05) is 18.2 Å². The number of thiophene rings is 1. The van der Waals surface area contributed by atoms with Crippen molar-refractivity contribution in [3.8, 4) is 0 Å². The Bertz CT molecular complexity index is 745. The first-order valence-electron chi connectivity index (χ1n) is 8.61. The fourth-order valence-electron chi connectivity index (χ4n) is 3.65.